The Morgan fingerprint density at radius 3 is 2.49 bits per heavy atom. The number of carbonyl (C=O) groups is 3. The smallest absolute Gasteiger partial charge is 0.319 e. The molecule has 0 radical (unpaired) electrons. The molecule has 2 unspecified atom stereocenters. The number of phenolic OH excluding ortho intramolecular Hbond substituents is 1. The fourth-order valence-electron chi connectivity index (χ4n) is 11.6. The van der Waals surface area contributed by atoms with Crippen LogP contribution < -0.4 is 25.6 Å². The van der Waals surface area contributed by atoms with Crippen LogP contribution in [0.5, 0.6) is 11.8 Å². The number of likely N-dealkylation sites (tertiary alicyclic amines) is 2. The Morgan fingerprint density at radius 2 is 1.78 bits per heavy atom. The van der Waals surface area contributed by atoms with Crippen LogP contribution in [0.15, 0.2) is 66.3 Å². The van der Waals surface area contributed by atoms with Crippen LogP contribution in [0.3, 0.4) is 0 Å². The number of carbonyl (C=O) groups excluding carboxylic acids is 3. The lowest BCUT2D eigenvalue weighted by atomic mass is 9.85. The quantitative estimate of drug-likeness (QED) is 0.0438. The number of aromatic nitrogens is 4. The molecule has 4 aliphatic heterocycles. The second kappa shape index (κ2) is 22.9. The highest BCUT2D eigenvalue weighted by molar-refractivity contribution is 7.13. The van der Waals surface area contributed by atoms with E-state index in [2.05, 4.69) is 48.6 Å². The van der Waals surface area contributed by atoms with Crippen LogP contribution in [0.1, 0.15) is 89.6 Å². The molecule has 4 fully saturated rings. The summed E-state index contributed by atoms with van der Waals surface area (Å²) in [6, 6.07) is 14.9. The van der Waals surface area contributed by atoms with Crippen molar-refractivity contribution in [2.75, 3.05) is 57.4 Å². The van der Waals surface area contributed by atoms with Crippen molar-refractivity contribution in [1.82, 2.24) is 45.7 Å². The maximum Gasteiger partial charge on any atom is 0.319 e. The Morgan fingerprint density at radius 1 is 1.01 bits per heavy atom. The van der Waals surface area contributed by atoms with E-state index >= 15 is 4.39 Å². The van der Waals surface area contributed by atoms with E-state index in [0.717, 1.165) is 41.1 Å². The van der Waals surface area contributed by atoms with Gasteiger partial charge >= 0.3 is 6.01 Å². The van der Waals surface area contributed by atoms with Crippen molar-refractivity contribution in [3.05, 3.63) is 88.9 Å². The van der Waals surface area contributed by atoms with Crippen LogP contribution in [-0.4, -0.2) is 147 Å². The van der Waals surface area contributed by atoms with Crippen LogP contribution >= 0.6 is 11.3 Å². The number of aromatic hydroxyl groups is 1. The van der Waals surface area contributed by atoms with Crippen LogP contribution in [0.4, 0.5) is 10.2 Å². The first-order valence-corrected chi connectivity index (χ1v) is 27.9. The minimum absolute atomic E-state index is 0.00957. The summed E-state index contributed by atoms with van der Waals surface area (Å²) in [6.07, 6.45) is 9.52. The highest BCUT2D eigenvalue weighted by Crippen LogP contribution is 2.39. The number of phenols is 1. The van der Waals surface area contributed by atoms with Gasteiger partial charge in [0, 0.05) is 93.0 Å². The zero-order valence-electron chi connectivity index (χ0n) is 45.1. The molecule has 10 rings (SSSR count). The molecule has 0 aliphatic carbocycles. The van der Waals surface area contributed by atoms with E-state index in [1.807, 2.05) is 70.5 Å². The van der Waals surface area contributed by atoms with Crippen molar-refractivity contribution in [2.24, 2.45) is 11.3 Å². The number of pyridine rings is 1. The molecular formula is C59H69FN10O7S. The van der Waals surface area contributed by atoms with Gasteiger partial charge in [0.25, 0.3) is 0 Å². The maximum atomic E-state index is 17.1. The van der Waals surface area contributed by atoms with Crippen molar-refractivity contribution in [3.63, 3.8) is 0 Å². The standard InChI is InChI=1S/C59H69FN10O7S/c1-8-36-11-9-12-39-23-42(71)24-44(49(36)39)51-50(60)52-45(26-61-51)55(69-28-40-17-18-41(29-69)64-40)67-58(66-52)77-31-47-33(2)27-68(47)20-10-21-76-22-19-48(73)65-54(59(5,6)7)57(75)70-30-43(72)25-46(70)56(74)63-34(3)37-13-15-38(16-14-37)53-35(4)62-32-78-53/h1,9,11-16,23-24,26,32-34,40-41,43,46-47,54,64,71-72H,10,17-22,25,27-31H2,2-7H3,(H,63,74)(H,65,73)/t33-,34+,40?,41?,43-,46+,47-,54-/m1/s1. The average Bonchev–Trinajstić information content (AvgIpc) is 4.26. The fourth-order valence-corrected chi connectivity index (χ4v) is 12.4. The van der Waals surface area contributed by atoms with Crippen LogP contribution in [0.2, 0.25) is 0 Å². The molecule has 0 saturated carbocycles. The molecule has 7 heterocycles. The lowest BCUT2D eigenvalue weighted by Gasteiger charge is -2.46. The monoisotopic (exact) mass is 1080 g/mol. The number of benzene rings is 3. The predicted octanol–water partition coefficient (Wildman–Crippen LogP) is 6.91. The number of aliphatic hydroxyl groups is 1. The maximum absolute atomic E-state index is 17.1. The molecule has 2 bridgehead atoms. The summed E-state index contributed by atoms with van der Waals surface area (Å²) in [5, 5.41) is 32.8. The first kappa shape index (κ1) is 54.5. The fraction of sp³-hybridized carbons (Fsp3) is 0.475. The van der Waals surface area contributed by atoms with E-state index in [9.17, 15) is 24.6 Å². The van der Waals surface area contributed by atoms with E-state index < -0.39 is 35.3 Å². The van der Waals surface area contributed by atoms with Crippen LogP contribution in [-0.2, 0) is 19.1 Å². The lowest BCUT2D eigenvalue weighted by molar-refractivity contribution is -0.144. The van der Waals surface area contributed by atoms with E-state index in [1.165, 1.54) is 11.0 Å². The van der Waals surface area contributed by atoms with Gasteiger partial charge in [-0.1, -0.05) is 70.0 Å². The first-order valence-electron chi connectivity index (χ1n) is 27.1. The summed E-state index contributed by atoms with van der Waals surface area (Å²) in [4.78, 5) is 67.0. The number of nitrogens with one attached hydrogen (secondary N) is 3. The molecular weight excluding hydrogens is 1010 g/mol. The molecule has 4 aliphatic rings. The first-order chi connectivity index (χ1) is 37.4. The van der Waals surface area contributed by atoms with Gasteiger partial charge in [-0.05, 0) is 79.2 Å². The van der Waals surface area contributed by atoms with Crippen molar-refractivity contribution < 1.29 is 38.5 Å². The van der Waals surface area contributed by atoms with Gasteiger partial charge in [-0.3, -0.25) is 24.3 Å². The lowest BCUT2D eigenvalue weighted by Crippen LogP contribution is -2.58. The van der Waals surface area contributed by atoms with Gasteiger partial charge in [0.05, 0.1) is 40.2 Å². The predicted molar refractivity (Wildman–Crippen MR) is 298 cm³/mol. The summed E-state index contributed by atoms with van der Waals surface area (Å²) < 4.78 is 29.5. The summed E-state index contributed by atoms with van der Waals surface area (Å²) in [6.45, 7) is 15.4. The van der Waals surface area contributed by atoms with Gasteiger partial charge in [-0.2, -0.15) is 9.97 Å². The average molecular weight is 1080 g/mol. The SMILES string of the molecule is C#Cc1cccc2cc(O)cc(-c3ncc4c(N5CC6CCC(C5)N6)nc(OC[C@@H]5[C@H](C)CN5CCCOCCC(=O)N[C@H](C(=O)N5C[C@H](O)C[C@H]5C(=O)N[C@@H](C)c5ccc(-c6scnc6C)cc5)C(C)(C)C)nc4c3F)c12. The number of β-amino-alcohol motifs (C(OH)–C–C–N with tert-alkyl or cyclic N) is 1. The summed E-state index contributed by atoms with van der Waals surface area (Å²) >= 11 is 1.57. The zero-order valence-corrected chi connectivity index (χ0v) is 45.9. The largest absolute Gasteiger partial charge is 0.508 e. The number of nitrogens with zero attached hydrogens (tertiary/aromatic N) is 7. The third-order valence-corrected chi connectivity index (χ3v) is 16.8. The number of hydrogen-bond acceptors (Lipinski definition) is 15. The van der Waals surface area contributed by atoms with E-state index in [4.69, 9.17) is 25.9 Å². The Bertz CT molecular complexity index is 3240. The number of piperazine rings is 1. The topological polar surface area (TPSA) is 208 Å². The van der Waals surface area contributed by atoms with Gasteiger partial charge in [-0.15, -0.1) is 17.8 Å². The Kier molecular flexibility index (Phi) is 16.0. The van der Waals surface area contributed by atoms with Gasteiger partial charge in [0.2, 0.25) is 17.7 Å². The number of thiazole rings is 1. The second-order valence-electron chi connectivity index (χ2n) is 22.5. The van der Waals surface area contributed by atoms with Crippen molar-refractivity contribution >= 4 is 56.6 Å². The number of hydrogen-bond donors (Lipinski definition) is 5. The molecule has 0 spiro atoms. The molecule has 3 aromatic carbocycles. The van der Waals surface area contributed by atoms with Gasteiger partial charge in [0.1, 0.15) is 41.5 Å². The number of aliphatic hydroxyl groups excluding tert-OH is 1. The number of rotatable bonds is 18. The third-order valence-electron chi connectivity index (χ3n) is 15.8. The molecule has 5 N–H and O–H groups in total. The Labute approximate surface area is 458 Å². The molecule has 4 saturated heterocycles. The van der Waals surface area contributed by atoms with Crippen LogP contribution in [0, 0.1) is 36.4 Å². The number of terminal acetylenes is 1. The molecule has 19 heteroatoms. The summed E-state index contributed by atoms with van der Waals surface area (Å²) in [7, 11) is 0. The highest BCUT2D eigenvalue weighted by Gasteiger charge is 2.45. The highest BCUT2D eigenvalue weighted by atomic mass is 32.1. The molecule has 3 amide bonds. The summed E-state index contributed by atoms with van der Waals surface area (Å²) in [5.74, 6) is 1.71. The minimum atomic E-state index is -0.955. The van der Waals surface area contributed by atoms with Crippen LogP contribution in [0.25, 0.3) is 43.4 Å². The minimum Gasteiger partial charge on any atom is -0.508 e. The second-order valence-corrected chi connectivity index (χ2v) is 23.4. The molecule has 410 valence electrons. The zero-order chi connectivity index (χ0) is 55.0. The summed E-state index contributed by atoms with van der Waals surface area (Å²) in [5.41, 5.74) is 5.00. The molecule has 17 nitrogen and oxygen atoms in total. The van der Waals surface area contributed by atoms with E-state index in [1.54, 1.807) is 35.7 Å². The normalized spacial score (nSPS) is 22.0. The Balaban J connectivity index is 0.729. The number of anilines is 1. The number of halogens is 1. The van der Waals surface area contributed by atoms with Crippen molar-refractivity contribution in [2.45, 2.75) is 116 Å². The number of fused-ring (bicyclic) bond motifs is 4. The van der Waals surface area contributed by atoms with Gasteiger partial charge in [0.15, 0.2) is 5.82 Å². The van der Waals surface area contributed by atoms with E-state index in [0.29, 0.717) is 71.7 Å². The third kappa shape index (κ3) is 11.5. The molecule has 78 heavy (non-hydrogen) atoms. The van der Waals surface area contributed by atoms with E-state index in [-0.39, 0.29) is 91.6 Å². The molecule has 3 aromatic heterocycles. The van der Waals surface area contributed by atoms with Gasteiger partial charge in [-0.25, -0.2) is 9.37 Å². The molecule has 8 atom stereocenters. The van der Waals surface area contributed by atoms with Gasteiger partial charge < -0.3 is 45.4 Å². The number of ether oxygens (including phenoxy) is 2. The Hall–Kier alpha value is -6.82. The van der Waals surface area contributed by atoms with Crippen molar-refractivity contribution in [3.8, 4) is 45.8 Å². The van der Waals surface area contributed by atoms with Crippen molar-refractivity contribution in [1.29, 1.82) is 0 Å². The number of amides is 3. The number of aryl methyl sites for hydroxylation is 1. The molecule has 6 aromatic rings.